The second kappa shape index (κ2) is 4.37. The van der Waals surface area contributed by atoms with E-state index >= 15 is 0 Å². The quantitative estimate of drug-likeness (QED) is 0.426. The summed E-state index contributed by atoms with van der Waals surface area (Å²) < 4.78 is 5.88. The normalized spacial score (nSPS) is 32.9. The van der Waals surface area contributed by atoms with Crippen LogP contribution < -0.4 is 11.4 Å². The molecule has 1 aliphatic rings. The highest BCUT2D eigenvalue weighted by molar-refractivity contribution is 5.19. The van der Waals surface area contributed by atoms with Crippen molar-refractivity contribution in [3.05, 3.63) is 16.7 Å². The van der Waals surface area contributed by atoms with Crippen LogP contribution in [0.4, 0.5) is 5.82 Å². The van der Waals surface area contributed by atoms with Gasteiger partial charge in [-0.15, -0.1) is 0 Å². The summed E-state index contributed by atoms with van der Waals surface area (Å²) in [5.74, 6) is -0.0574. The van der Waals surface area contributed by atoms with E-state index in [1.54, 1.807) is 0 Å². The highest BCUT2D eigenvalue weighted by atomic mass is 16.6. The minimum absolute atomic E-state index is 0.0574. The Morgan fingerprint density at radius 1 is 1.47 bits per heavy atom. The predicted molar refractivity (Wildman–Crippen MR) is 53.7 cm³/mol. The molecule has 9 heteroatoms. The third-order valence-electron chi connectivity index (χ3n) is 2.49. The average Bonchev–Trinajstić information content (AvgIpc) is 2.57. The average molecular weight is 244 g/mol. The van der Waals surface area contributed by atoms with E-state index < -0.39 is 36.8 Å². The third kappa shape index (κ3) is 2.00. The van der Waals surface area contributed by atoms with Gasteiger partial charge in [-0.2, -0.15) is 14.8 Å². The first-order valence-electron chi connectivity index (χ1n) is 4.88. The summed E-state index contributed by atoms with van der Waals surface area (Å²) in [6, 6.07) is 0. The zero-order valence-electron chi connectivity index (χ0n) is 8.67. The molecule has 0 saturated carbocycles. The van der Waals surface area contributed by atoms with Crippen LogP contribution in [0.2, 0.25) is 0 Å². The monoisotopic (exact) mass is 244 g/mol. The summed E-state index contributed by atoms with van der Waals surface area (Å²) in [5.41, 5.74) is 4.46. The van der Waals surface area contributed by atoms with Crippen molar-refractivity contribution in [3.63, 3.8) is 0 Å². The number of nitrogen functional groups attached to an aromatic ring is 1. The van der Waals surface area contributed by atoms with Gasteiger partial charge in [-0.3, -0.25) is 0 Å². The lowest BCUT2D eigenvalue weighted by Gasteiger charge is -2.15. The number of anilines is 1. The number of hydrogen-bond acceptors (Lipinski definition) is 8. The topological polar surface area (TPSA) is 144 Å². The summed E-state index contributed by atoms with van der Waals surface area (Å²) in [6.45, 7) is -0.480. The zero-order valence-corrected chi connectivity index (χ0v) is 8.67. The fourth-order valence-electron chi connectivity index (χ4n) is 1.62. The Morgan fingerprint density at radius 2 is 2.18 bits per heavy atom. The van der Waals surface area contributed by atoms with Gasteiger partial charge in [0.05, 0.1) is 12.8 Å². The van der Waals surface area contributed by atoms with Gasteiger partial charge < -0.3 is 25.8 Å². The number of ether oxygens (including phenoxy) is 1. The van der Waals surface area contributed by atoms with Crippen molar-refractivity contribution in [3.8, 4) is 0 Å². The van der Waals surface area contributed by atoms with Gasteiger partial charge in [-0.25, -0.2) is 4.79 Å². The molecule has 0 spiro atoms. The van der Waals surface area contributed by atoms with Gasteiger partial charge in [0.25, 0.3) is 0 Å². The molecule has 2 rings (SSSR count). The minimum atomic E-state index is -1.37. The molecule has 9 nitrogen and oxygen atoms in total. The fraction of sp³-hybridized carbons (Fsp3) is 0.625. The van der Waals surface area contributed by atoms with Crippen molar-refractivity contribution >= 4 is 5.82 Å². The summed E-state index contributed by atoms with van der Waals surface area (Å²) in [4.78, 5) is 14.9. The van der Waals surface area contributed by atoms with Crippen LogP contribution in [0.3, 0.4) is 0 Å². The molecule has 1 aliphatic heterocycles. The SMILES string of the molecule is Nc1cnn([C@H]2O[C@@H](CO)[C@H](O)[C@@H]2O)c(=O)n1. The first kappa shape index (κ1) is 11.9. The van der Waals surface area contributed by atoms with Crippen LogP contribution in [0, 0.1) is 0 Å². The minimum Gasteiger partial charge on any atom is -0.394 e. The number of aromatic nitrogens is 3. The van der Waals surface area contributed by atoms with Gasteiger partial charge >= 0.3 is 5.69 Å². The van der Waals surface area contributed by atoms with Crippen LogP contribution in [0.1, 0.15) is 6.23 Å². The summed E-state index contributed by atoms with van der Waals surface area (Å²) in [5, 5.41) is 31.7. The molecule has 1 saturated heterocycles. The predicted octanol–water partition coefficient (Wildman–Crippen LogP) is -3.17. The van der Waals surface area contributed by atoms with Crippen LogP contribution in [-0.4, -0.2) is 55.0 Å². The van der Waals surface area contributed by atoms with Crippen molar-refractivity contribution in [1.29, 1.82) is 0 Å². The van der Waals surface area contributed by atoms with E-state index in [2.05, 4.69) is 10.1 Å². The van der Waals surface area contributed by atoms with E-state index in [4.69, 9.17) is 15.6 Å². The van der Waals surface area contributed by atoms with E-state index in [-0.39, 0.29) is 5.82 Å². The maximum absolute atomic E-state index is 11.4. The number of nitrogens with two attached hydrogens (primary N) is 1. The Labute approximate surface area is 95.1 Å². The van der Waals surface area contributed by atoms with E-state index in [9.17, 15) is 15.0 Å². The van der Waals surface area contributed by atoms with Crippen molar-refractivity contribution in [2.45, 2.75) is 24.5 Å². The molecular formula is C8H12N4O5. The van der Waals surface area contributed by atoms with Crippen molar-refractivity contribution in [2.24, 2.45) is 0 Å². The number of aliphatic hydroxyl groups is 3. The highest BCUT2D eigenvalue weighted by Crippen LogP contribution is 2.27. The van der Waals surface area contributed by atoms with Crippen molar-refractivity contribution < 1.29 is 20.1 Å². The Morgan fingerprint density at radius 3 is 2.71 bits per heavy atom. The Hall–Kier alpha value is -1.55. The van der Waals surface area contributed by atoms with Gasteiger partial charge in [-0.05, 0) is 0 Å². The molecule has 1 fully saturated rings. The van der Waals surface area contributed by atoms with Crippen LogP contribution in [-0.2, 0) is 4.74 Å². The zero-order chi connectivity index (χ0) is 12.6. The van der Waals surface area contributed by atoms with E-state index in [1.807, 2.05) is 0 Å². The number of nitrogens with zero attached hydrogens (tertiary/aromatic N) is 3. The van der Waals surface area contributed by atoms with Gasteiger partial charge in [-0.1, -0.05) is 0 Å². The highest BCUT2D eigenvalue weighted by Gasteiger charge is 2.44. The smallest absolute Gasteiger partial charge is 0.368 e. The fourth-order valence-corrected chi connectivity index (χ4v) is 1.62. The molecule has 17 heavy (non-hydrogen) atoms. The molecule has 94 valence electrons. The first-order valence-corrected chi connectivity index (χ1v) is 4.88. The molecule has 0 aromatic carbocycles. The van der Waals surface area contributed by atoms with Crippen LogP contribution in [0.15, 0.2) is 11.0 Å². The molecule has 1 aromatic heterocycles. The van der Waals surface area contributed by atoms with Gasteiger partial charge in [0.1, 0.15) is 24.1 Å². The molecule has 1 aromatic rings. The Bertz CT molecular complexity index is 463. The van der Waals surface area contributed by atoms with Gasteiger partial charge in [0, 0.05) is 0 Å². The van der Waals surface area contributed by atoms with Crippen LogP contribution >= 0.6 is 0 Å². The van der Waals surface area contributed by atoms with Crippen molar-refractivity contribution in [2.75, 3.05) is 12.3 Å². The molecular weight excluding hydrogens is 232 g/mol. The summed E-state index contributed by atoms with van der Waals surface area (Å²) in [7, 11) is 0. The molecule has 0 amide bonds. The van der Waals surface area contributed by atoms with E-state index in [0.29, 0.717) is 0 Å². The molecule has 0 radical (unpaired) electrons. The summed E-state index contributed by atoms with van der Waals surface area (Å²) >= 11 is 0. The maximum Gasteiger partial charge on any atom is 0.368 e. The molecule has 5 N–H and O–H groups in total. The third-order valence-corrected chi connectivity index (χ3v) is 2.49. The second-order valence-electron chi connectivity index (χ2n) is 3.64. The Kier molecular flexibility index (Phi) is 3.07. The number of hydrogen-bond donors (Lipinski definition) is 4. The molecule has 0 aliphatic carbocycles. The summed E-state index contributed by atoms with van der Waals surface area (Å²) in [6.07, 6.45) is -3.71. The lowest BCUT2D eigenvalue weighted by molar-refractivity contribution is -0.0616. The molecule has 0 unspecified atom stereocenters. The lowest BCUT2D eigenvalue weighted by Crippen LogP contribution is -2.37. The lowest BCUT2D eigenvalue weighted by atomic mass is 10.1. The van der Waals surface area contributed by atoms with E-state index in [0.717, 1.165) is 10.9 Å². The van der Waals surface area contributed by atoms with Crippen molar-refractivity contribution in [1.82, 2.24) is 14.8 Å². The van der Waals surface area contributed by atoms with Gasteiger partial charge in [0.15, 0.2) is 6.23 Å². The molecule has 2 heterocycles. The molecule has 0 bridgehead atoms. The van der Waals surface area contributed by atoms with E-state index in [1.165, 1.54) is 0 Å². The molecule has 4 atom stereocenters. The first-order chi connectivity index (χ1) is 8.04. The van der Waals surface area contributed by atoms with Gasteiger partial charge in [0.2, 0.25) is 0 Å². The standard InChI is InChI=1S/C8H12N4O5/c9-4-1-10-12(8(16)11-4)7-6(15)5(14)3(2-13)17-7/h1,3,5-7,13-15H,2H2,(H2,9,11,16)/t3-,5-,6-,7-/m0/s1. The second-order valence-corrected chi connectivity index (χ2v) is 3.64. The number of rotatable bonds is 2. The Balaban J connectivity index is 2.32. The largest absolute Gasteiger partial charge is 0.394 e. The maximum atomic E-state index is 11.4. The van der Waals surface area contributed by atoms with Crippen LogP contribution in [0.25, 0.3) is 0 Å². The van der Waals surface area contributed by atoms with Crippen LogP contribution in [0.5, 0.6) is 0 Å². The number of aliphatic hydroxyl groups excluding tert-OH is 3.